The Labute approximate surface area is 180 Å². The van der Waals surface area contributed by atoms with Crippen LogP contribution in [0.5, 0.6) is 11.5 Å². The van der Waals surface area contributed by atoms with Crippen LogP contribution >= 0.6 is 15.9 Å². The predicted octanol–water partition coefficient (Wildman–Crippen LogP) is 5.15. The van der Waals surface area contributed by atoms with E-state index in [4.69, 9.17) is 4.52 Å². The number of benzene rings is 2. The lowest BCUT2D eigenvalue weighted by atomic mass is 9.79. The monoisotopic (exact) mass is 494 g/mol. The second-order valence-electron chi connectivity index (χ2n) is 7.61. The van der Waals surface area contributed by atoms with E-state index in [1.54, 1.807) is 0 Å². The van der Waals surface area contributed by atoms with E-state index in [0.29, 0.717) is 18.0 Å². The van der Waals surface area contributed by atoms with Gasteiger partial charge in [0.1, 0.15) is 4.90 Å². The molecule has 3 aromatic rings. The molecule has 2 aliphatic carbocycles. The third-order valence-electron chi connectivity index (χ3n) is 5.74. The van der Waals surface area contributed by atoms with Gasteiger partial charge in [0.2, 0.25) is 0 Å². The highest BCUT2D eigenvalue weighted by atomic mass is 79.9. The maximum absolute atomic E-state index is 13.5. The molecule has 1 aliphatic heterocycles. The van der Waals surface area contributed by atoms with Crippen molar-refractivity contribution in [1.82, 2.24) is 5.16 Å². The van der Waals surface area contributed by atoms with Crippen LogP contribution in [-0.2, 0) is 22.8 Å². The maximum atomic E-state index is 13.5. The lowest BCUT2D eigenvalue weighted by molar-refractivity contribution is -0.287. The fraction of sp³-hybridized carbons (Fsp3) is 0.250. The Morgan fingerprint density at radius 1 is 1.17 bits per heavy atom. The molecule has 1 aromatic heterocycles. The summed E-state index contributed by atoms with van der Waals surface area (Å²) in [5.41, 5.74) is 3.07. The molecular formula is C20H13BrF2N2O4S. The predicted molar refractivity (Wildman–Crippen MR) is 107 cm³/mol. The molecule has 1 atom stereocenters. The first-order valence-electron chi connectivity index (χ1n) is 9.21. The van der Waals surface area contributed by atoms with Gasteiger partial charge in [-0.25, -0.2) is 4.21 Å². The smallest absolute Gasteiger partial charge is 0.395 e. The minimum atomic E-state index is -3.79. The van der Waals surface area contributed by atoms with Crippen LogP contribution in [0.4, 0.5) is 14.6 Å². The van der Waals surface area contributed by atoms with E-state index in [-0.39, 0.29) is 21.8 Å². The number of nitrogens with zero attached hydrogens (tertiary/aromatic N) is 1. The zero-order valence-electron chi connectivity index (χ0n) is 15.2. The van der Waals surface area contributed by atoms with Gasteiger partial charge in [0.05, 0.1) is 0 Å². The Morgan fingerprint density at radius 3 is 2.80 bits per heavy atom. The minimum absolute atomic E-state index is 0.0412. The average molecular weight is 495 g/mol. The molecule has 0 saturated heterocycles. The summed E-state index contributed by atoms with van der Waals surface area (Å²) in [6, 6.07) is 10.4. The molecule has 10 heteroatoms. The lowest BCUT2D eigenvalue weighted by Gasteiger charge is -2.24. The minimum Gasteiger partial charge on any atom is -0.395 e. The molecule has 1 spiro atoms. The topological polar surface area (TPSA) is 73.6 Å². The molecule has 154 valence electrons. The number of anilines is 1. The van der Waals surface area contributed by atoms with Crippen molar-refractivity contribution >= 4 is 32.7 Å². The van der Waals surface area contributed by atoms with Crippen molar-refractivity contribution in [1.29, 1.82) is 0 Å². The first-order chi connectivity index (χ1) is 14.4. The zero-order valence-corrected chi connectivity index (χ0v) is 17.6. The van der Waals surface area contributed by atoms with Crippen molar-refractivity contribution < 1.29 is 27.0 Å². The normalized spacial score (nSPS) is 19.8. The average Bonchev–Trinajstić information content (AvgIpc) is 3.22. The molecule has 1 saturated carbocycles. The van der Waals surface area contributed by atoms with Crippen LogP contribution in [0.3, 0.4) is 0 Å². The Bertz CT molecular complexity index is 1240. The van der Waals surface area contributed by atoms with Crippen molar-refractivity contribution in [2.75, 3.05) is 4.72 Å². The van der Waals surface area contributed by atoms with Gasteiger partial charge in [0.25, 0.3) is 0 Å². The second-order valence-corrected chi connectivity index (χ2v) is 9.70. The Morgan fingerprint density at radius 2 is 2.00 bits per heavy atom. The highest BCUT2D eigenvalue weighted by molar-refractivity contribution is 9.10. The first kappa shape index (κ1) is 18.3. The number of nitrogens with one attached hydrogen (secondary N) is 1. The van der Waals surface area contributed by atoms with E-state index in [1.807, 2.05) is 12.1 Å². The summed E-state index contributed by atoms with van der Waals surface area (Å²) < 4.78 is 58.2. The number of alkyl halides is 2. The van der Waals surface area contributed by atoms with Gasteiger partial charge < -0.3 is 14.0 Å². The van der Waals surface area contributed by atoms with Crippen LogP contribution in [0.2, 0.25) is 0 Å². The molecule has 3 aliphatic rings. The number of aromatic nitrogens is 1. The molecule has 6 nitrogen and oxygen atoms in total. The van der Waals surface area contributed by atoms with Crippen molar-refractivity contribution in [3.05, 3.63) is 52.0 Å². The molecule has 0 radical (unpaired) electrons. The van der Waals surface area contributed by atoms with Gasteiger partial charge in [0, 0.05) is 21.0 Å². The molecule has 1 unspecified atom stereocenters. The van der Waals surface area contributed by atoms with E-state index in [2.05, 4.69) is 41.3 Å². The van der Waals surface area contributed by atoms with E-state index in [1.165, 1.54) is 23.8 Å². The molecule has 30 heavy (non-hydrogen) atoms. The summed E-state index contributed by atoms with van der Waals surface area (Å²) in [5.74, 6) is 0.556. The fourth-order valence-electron chi connectivity index (χ4n) is 4.20. The maximum Gasteiger partial charge on any atom is 0.586 e. The zero-order chi connectivity index (χ0) is 20.7. The van der Waals surface area contributed by atoms with E-state index in [0.717, 1.165) is 28.4 Å². The van der Waals surface area contributed by atoms with Crippen molar-refractivity contribution in [3.63, 3.8) is 0 Å². The molecule has 2 heterocycles. The van der Waals surface area contributed by atoms with Crippen molar-refractivity contribution in [2.45, 2.75) is 35.9 Å². The largest absolute Gasteiger partial charge is 0.586 e. The highest BCUT2D eigenvalue weighted by Gasteiger charge is 2.50. The molecule has 0 bridgehead atoms. The number of hydrogen-bond donors (Lipinski definition) is 1. The third kappa shape index (κ3) is 2.70. The first-order valence-corrected chi connectivity index (χ1v) is 11.2. The van der Waals surface area contributed by atoms with Crippen LogP contribution in [0.15, 0.2) is 50.3 Å². The summed E-state index contributed by atoms with van der Waals surface area (Å²) >= 11 is 3.50. The molecule has 6 rings (SSSR count). The number of rotatable bonds is 3. The van der Waals surface area contributed by atoms with Gasteiger partial charge in [0.15, 0.2) is 34.1 Å². The van der Waals surface area contributed by atoms with E-state index >= 15 is 0 Å². The van der Waals surface area contributed by atoms with Gasteiger partial charge in [-0.3, -0.25) is 4.72 Å². The lowest BCUT2D eigenvalue weighted by Crippen LogP contribution is -2.26. The Balaban J connectivity index is 1.37. The van der Waals surface area contributed by atoms with E-state index < -0.39 is 17.3 Å². The summed E-state index contributed by atoms with van der Waals surface area (Å²) in [6.07, 6.45) is -0.960. The summed E-state index contributed by atoms with van der Waals surface area (Å²) in [4.78, 5) is 0.0431. The quantitative estimate of drug-likeness (QED) is 0.545. The van der Waals surface area contributed by atoms with Crippen molar-refractivity contribution in [3.8, 4) is 22.8 Å². The van der Waals surface area contributed by atoms with Gasteiger partial charge in [-0.05, 0) is 49.1 Å². The van der Waals surface area contributed by atoms with Crippen LogP contribution in [0.1, 0.15) is 24.0 Å². The van der Waals surface area contributed by atoms with Crippen LogP contribution in [0, 0.1) is 0 Å². The Hall–Kier alpha value is -2.46. The highest BCUT2D eigenvalue weighted by Crippen LogP contribution is 2.58. The molecular weight excluding hydrogens is 482 g/mol. The number of para-hydroxylation sites is 1. The SMILES string of the molecule is O=S(Nc1noc2c1CC1(CC1)c1ccc(Br)cc1-2)c1cccc2c1OC(F)(F)O2. The van der Waals surface area contributed by atoms with E-state index in [9.17, 15) is 13.0 Å². The van der Waals surface area contributed by atoms with Gasteiger partial charge >= 0.3 is 6.29 Å². The van der Waals surface area contributed by atoms with Crippen molar-refractivity contribution in [2.24, 2.45) is 0 Å². The number of fused-ring (bicyclic) bond motifs is 5. The summed E-state index contributed by atoms with van der Waals surface area (Å²) in [5, 5.41) is 4.09. The number of hydrogen-bond acceptors (Lipinski definition) is 5. The van der Waals surface area contributed by atoms with Crippen LogP contribution < -0.4 is 14.2 Å². The standard InChI is InChI=1S/C20H13BrF2N2O4S/c21-10-4-5-13-11(8-10)16-12(9-19(13)6-7-19)18(24-29-16)25-30(26)15-3-1-2-14-17(15)28-20(22,23)27-14/h1-5,8H,6-7,9H2,(H,24,25). The molecule has 1 N–H and O–H groups in total. The van der Waals surface area contributed by atoms with Crippen LogP contribution in [-0.4, -0.2) is 15.7 Å². The number of halogens is 3. The molecule has 2 aromatic carbocycles. The number of ether oxygens (including phenoxy) is 2. The Kier molecular flexibility index (Phi) is 3.69. The third-order valence-corrected chi connectivity index (χ3v) is 7.33. The van der Waals surface area contributed by atoms with Gasteiger partial charge in [-0.1, -0.05) is 33.2 Å². The molecule has 1 fully saturated rings. The summed E-state index contributed by atoms with van der Waals surface area (Å²) in [7, 11) is -1.91. The second kappa shape index (κ2) is 6.04. The van der Waals surface area contributed by atoms with Crippen LogP contribution in [0.25, 0.3) is 11.3 Å². The van der Waals surface area contributed by atoms with Gasteiger partial charge in [-0.15, -0.1) is 8.78 Å². The fourth-order valence-corrected chi connectivity index (χ4v) is 5.52. The molecule has 0 amide bonds. The summed E-state index contributed by atoms with van der Waals surface area (Å²) in [6.45, 7) is 0. The van der Waals surface area contributed by atoms with Gasteiger partial charge in [-0.2, -0.15) is 0 Å².